The van der Waals surface area contributed by atoms with E-state index < -0.39 is 18.1 Å². The summed E-state index contributed by atoms with van der Waals surface area (Å²) in [6.45, 7) is 0. The monoisotopic (exact) mass is 352 g/mol. The first-order valence-electron chi connectivity index (χ1n) is 4.44. The standard InChI is InChI=1S/C10H7F2IN2O2/c1-17-9(16)3-7-5(4-14)6(13)2-8(15-7)10(11)12/h2,10H,3H2,1H3. The molecule has 0 aliphatic rings. The Morgan fingerprint density at radius 2 is 2.35 bits per heavy atom. The van der Waals surface area contributed by atoms with Crippen LogP contribution in [0.2, 0.25) is 0 Å². The number of alkyl halides is 2. The number of hydrogen-bond acceptors (Lipinski definition) is 4. The van der Waals surface area contributed by atoms with Crippen LogP contribution in [0.5, 0.6) is 0 Å². The van der Waals surface area contributed by atoms with Gasteiger partial charge in [0, 0.05) is 3.57 Å². The van der Waals surface area contributed by atoms with Gasteiger partial charge in [0.25, 0.3) is 6.43 Å². The summed E-state index contributed by atoms with van der Waals surface area (Å²) in [5, 5.41) is 8.88. The Morgan fingerprint density at radius 3 is 2.82 bits per heavy atom. The molecule has 90 valence electrons. The molecule has 0 saturated heterocycles. The Balaban J connectivity index is 3.25. The first-order valence-corrected chi connectivity index (χ1v) is 5.51. The predicted octanol–water partition coefficient (Wildman–Crippen LogP) is 2.21. The van der Waals surface area contributed by atoms with Gasteiger partial charge in [0.05, 0.1) is 24.8 Å². The van der Waals surface area contributed by atoms with Crippen molar-refractivity contribution in [1.82, 2.24) is 4.98 Å². The lowest BCUT2D eigenvalue weighted by atomic mass is 10.1. The molecule has 7 heteroatoms. The lowest BCUT2D eigenvalue weighted by molar-refractivity contribution is -0.139. The van der Waals surface area contributed by atoms with Crippen molar-refractivity contribution in [3.8, 4) is 6.07 Å². The SMILES string of the molecule is COC(=O)Cc1nc(C(F)F)cc(I)c1C#N. The highest BCUT2D eigenvalue weighted by atomic mass is 127. The quantitative estimate of drug-likeness (QED) is 0.618. The van der Waals surface area contributed by atoms with Gasteiger partial charge in [-0.1, -0.05) is 0 Å². The number of ether oxygens (including phenoxy) is 1. The van der Waals surface area contributed by atoms with E-state index in [9.17, 15) is 13.6 Å². The number of rotatable bonds is 3. The average molecular weight is 352 g/mol. The Bertz CT molecular complexity index is 486. The van der Waals surface area contributed by atoms with Crippen LogP contribution in [0.25, 0.3) is 0 Å². The molecule has 0 fully saturated rings. The van der Waals surface area contributed by atoms with E-state index in [4.69, 9.17) is 5.26 Å². The van der Waals surface area contributed by atoms with E-state index in [-0.39, 0.29) is 17.7 Å². The van der Waals surface area contributed by atoms with Crippen LogP contribution in [-0.4, -0.2) is 18.1 Å². The minimum atomic E-state index is -2.74. The smallest absolute Gasteiger partial charge is 0.311 e. The number of aromatic nitrogens is 1. The molecule has 0 aliphatic heterocycles. The molecule has 0 saturated carbocycles. The van der Waals surface area contributed by atoms with Crippen molar-refractivity contribution in [3.05, 3.63) is 26.6 Å². The second-order valence-electron chi connectivity index (χ2n) is 3.02. The molecule has 0 atom stereocenters. The Kier molecular flexibility index (Phi) is 4.74. The van der Waals surface area contributed by atoms with E-state index in [0.717, 1.165) is 6.07 Å². The van der Waals surface area contributed by atoms with Crippen LogP contribution >= 0.6 is 22.6 Å². The van der Waals surface area contributed by atoms with E-state index in [1.807, 2.05) is 6.07 Å². The van der Waals surface area contributed by atoms with Crippen LogP contribution < -0.4 is 0 Å². The maximum Gasteiger partial charge on any atom is 0.311 e. The van der Waals surface area contributed by atoms with Crippen molar-refractivity contribution in [2.75, 3.05) is 7.11 Å². The number of hydrogen-bond donors (Lipinski definition) is 0. The fourth-order valence-corrected chi connectivity index (χ4v) is 1.90. The summed E-state index contributed by atoms with van der Waals surface area (Å²) in [5.74, 6) is -0.629. The van der Waals surface area contributed by atoms with Gasteiger partial charge >= 0.3 is 5.97 Å². The molecule has 1 heterocycles. The van der Waals surface area contributed by atoms with Gasteiger partial charge in [-0.05, 0) is 28.7 Å². The zero-order valence-electron chi connectivity index (χ0n) is 8.71. The minimum absolute atomic E-state index is 0.0153. The zero-order chi connectivity index (χ0) is 13.0. The highest BCUT2D eigenvalue weighted by Gasteiger charge is 2.18. The van der Waals surface area contributed by atoms with Crippen molar-refractivity contribution < 1.29 is 18.3 Å². The van der Waals surface area contributed by atoms with Gasteiger partial charge in [0.1, 0.15) is 11.8 Å². The molecule has 0 radical (unpaired) electrons. The highest BCUT2D eigenvalue weighted by Crippen LogP contribution is 2.23. The third-order valence-electron chi connectivity index (χ3n) is 1.94. The number of halogens is 3. The van der Waals surface area contributed by atoms with Gasteiger partial charge in [-0.3, -0.25) is 4.79 Å². The summed E-state index contributed by atoms with van der Waals surface area (Å²) < 4.78 is 29.8. The van der Waals surface area contributed by atoms with E-state index in [2.05, 4.69) is 9.72 Å². The number of carbonyl (C=O) groups is 1. The zero-order valence-corrected chi connectivity index (χ0v) is 10.9. The first-order chi connectivity index (χ1) is 7.99. The van der Waals surface area contributed by atoms with Crippen molar-refractivity contribution in [3.63, 3.8) is 0 Å². The third-order valence-corrected chi connectivity index (χ3v) is 2.79. The van der Waals surface area contributed by atoms with Crippen molar-refractivity contribution in [1.29, 1.82) is 5.26 Å². The van der Waals surface area contributed by atoms with Gasteiger partial charge in [0.2, 0.25) is 0 Å². The lowest BCUT2D eigenvalue weighted by Crippen LogP contribution is -2.10. The Hall–Kier alpha value is -1.30. The second kappa shape index (κ2) is 5.86. The largest absolute Gasteiger partial charge is 0.469 e. The Labute approximate surface area is 110 Å². The molecule has 0 aromatic carbocycles. The Morgan fingerprint density at radius 1 is 1.71 bits per heavy atom. The van der Waals surface area contributed by atoms with Gasteiger partial charge in [-0.25, -0.2) is 13.8 Å². The molecule has 1 rings (SSSR count). The van der Waals surface area contributed by atoms with Crippen LogP contribution in [0, 0.1) is 14.9 Å². The third kappa shape index (κ3) is 3.33. The van der Waals surface area contributed by atoms with E-state index >= 15 is 0 Å². The molecule has 0 unspecified atom stereocenters. The molecular formula is C10H7F2IN2O2. The summed E-state index contributed by atoms with van der Waals surface area (Å²) in [6, 6.07) is 2.97. The maximum absolute atomic E-state index is 12.5. The fourth-order valence-electron chi connectivity index (χ4n) is 1.15. The molecule has 0 amide bonds. The van der Waals surface area contributed by atoms with Crippen LogP contribution in [0.15, 0.2) is 6.07 Å². The normalized spacial score (nSPS) is 10.1. The second-order valence-corrected chi connectivity index (χ2v) is 4.18. The van der Waals surface area contributed by atoms with Crippen LogP contribution in [-0.2, 0) is 16.0 Å². The van der Waals surface area contributed by atoms with Gasteiger partial charge in [0.15, 0.2) is 0 Å². The summed E-state index contributed by atoms with van der Waals surface area (Å²) in [4.78, 5) is 14.7. The molecule has 1 aromatic rings. The number of carbonyl (C=O) groups excluding carboxylic acids is 1. The molecule has 0 N–H and O–H groups in total. The molecule has 17 heavy (non-hydrogen) atoms. The van der Waals surface area contributed by atoms with E-state index in [0.29, 0.717) is 3.57 Å². The fraction of sp³-hybridized carbons (Fsp3) is 0.300. The van der Waals surface area contributed by atoms with Crippen molar-refractivity contribution >= 4 is 28.6 Å². The van der Waals surface area contributed by atoms with Crippen LogP contribution in [0.3, 0.4) is 0 Å². The predicted molar refractivity (Wildman–Crippen MR) is 62.3 cm³/mol. The van der Waals surface area contributed by atoms with Gasteiger partial charge in [-0.15, -0.1) is 0 Å². The average Bonchev–Trinajstić information content (AvgIpc) is 2.28. The minimum Gasteiger partial charge on any atom is -0.469 e. The molecule has 4 nitrogen and oxygen atoms in total. The maximum atomic E-state index is 12.5. The number of pyridine rings is 1. The topological polar surface area (TPSA) is 63.0 Å². The van der Waals surface area contributed by atoms with E-state index in [1.54, 1.807) is 22.6 Å². The van der Waals surface area contributed by atoms with Gasteiger partial charge in [-0.2, -0.15) is 5.26 Å². The first kappa shape index (κ1) is 13.8. The number of methoxy groups -OCH3 is 1. The summed E-state index contributed by atoms with van der Waals surface area (Å²) >= 11 is 1.76. The van der Waals surface area contributed by atoms with E-state index in [1.165, 1.54) is 7.11 Å². The molecule has 0 aliphatic carbocycles. The molecule has 0 spiro atoms. The summed E-state index contributed by atoms with van der Waals surface area (Å²) in [7, 11) is 1.18. The van der Waals surface area contributed by atoms with Crippen LogP contribution in [0.1, 0.15) is 23.4 Å². The number of esters is 1. The highest BCUT2D eigenvalue weighted by molar-refractivity contribution is 14.1. The molecule has 1 aromatic heterocycles. The van der Waals surface area contributed by atoms with Crippen molar-refractivity contribution in [2.24, 2.45) is 0 Å². The number of nitrogens with zero attached hydrogens (tertiary/aromatic N) is 2. The van der Waals surface area contributed by atoms with Crippen LogP contribution in [0.4, 0.5) is 8.78 Å². The molecular weight excluding hydrogens is 345 g/mol. The van der Waals surface area contributed by atoms with Crippen molar-refractivity contribution in [2.45, 2.75) is 12.8 Å². The summed E-state index contributed by atoms with van der Waals surface area (Å²) in [5.41, 5.74) is -0.311. The lowest BCUT2D eigenvalue weighted by Gasteiger charge is -2.07. The van der Waals surface area contributed by atoms with Gasteiger partial charge < -0.3 is 4.74 Å². The number of nitriles is 1. The molecule has 0 bridgehead atoms. The summed E-state index contributed by atoms with van der Waals surface area (Å²) in [6.07, 6.45) is -3.04.